The Morgan fingerprint density at radius 2 is 2.15 bits per heavy atom. The Morgan fingerprint density at radius 3 is 2.75 bits per heavy atom. The Hall–Kier alpha value is -2.09. The molecular weight excluding hydrogens is 277 g/mol. The van der Waals surface area contributed by atoms with Crippen LogP contribution in [0.2, 0.25) is 0 Å². The molecule has 0 heterocycles. The minimum Gasteiger partial charge on any atom is -0.411 e. The molecule has 0 saturated heterocycles. The zero-order chi connectivity index (χ0) is 15.2. The fourth-order valence-electron chi connectivity index (χ4n) is 1.34. The molecule has 0 radical (unpaired) electrons. The van der Waals surface area contributed by atoms with Crippen LogP contribution in [0, 0.1) is 0 Å². The molecule has 20 heavy (non-hydrogen) atoms. The number of nitrogens with one attached hydrogen (secondary N) is 1. The van der Waals surface area contributed by atoms with Crippen molar-refractivity contribution in [2.45, 2.75) is 13.1 Å². The van der Waals surface area contributed by atoms with Crippen LogP contribution in [0.1, 0.15) is 12.5 Å². The van der Waals surface area contributed by atoms with Crippen LogP contribution in [0.15, 0.2) is 29.4 Å². The maximum Gasteiger partial charge on any atom is 0.411 e. The predicted octanol–water partition coefficient (Wildman–Crippen LogP) is 2.40. The van der Waals surface area contributed by atoms with Gasteiger partial charge in [0.15, 0.2) is 0 Å². The molecule has 0 aliphatic carbocycles. The van der Waals surface area contributed by atoms with Crippen molar-refractivity contribution < 1.29 is 27.9 Å². The molecule has 0 saturated carbocycles. The van der Waals surface area contributed by atoms with Crippen LogP contribution < -0.4 is 5.32 Å². The van der Waals surface area contributed by atoms with Crippen LogP contribution >= 0.6 is 0 Å². The minimum atomic E-state index is -4.46. The van der Waals surface area contributed by atoms with Gasteiger partial charge in [-0.1, -0.05) is 17.3 Å². The topological polar surface area (TPSA) is 70.9 Å². The van der Waals surface area contributed by atoms with Gasteiger partial charge in [-0.2, -0.15) is 13.2 Å². The zero-order valence-corrected chi connectivity index (χ0v) is 10.6. The molecule has 5 nitrogen and oxygen atoms in total. The van der Waals surface area contributed by atoms with E-state index >= 15 is 0 Å². The molecule has 0 unspecified atom stereocenters. The summed E-state index contributed by atoms with van der Waals surface area (Å²) in [6, 6.07) is 6.34. The summed E-state index contributed by atoms with van der Waals surface area (Å²) in [4.78, 5) is 11.4. The van der Waals surface area contributed by atoms with Crippen molar-refractivity contribution in [2.75, 3.05) is 18.5 Å². The molecule has 0 aliphatic rings. The SMILES string of the molecule is C/C(=N/O)c1cccc(NC(=O)COCC(F)(F)F)c1. The first-order chi connectivity index (χ1) is 9.31. The number of benzene rings is 1. The van der Waals surface area contributed by atoms with Crippen LogP contribution in [0.4, 0.5) is 18.9 Å². The van der Waals surface area contributed by atoms with Gasteiger partial charge in [-0.05, 0) is 19.1 Å². The summed E-state index contributed by atoms with van der Waals surface area (Å²) in [5.41, 5.74) is 1.28. The lowest BCUT2D eigenvalue weighted by Crippen LogP contribution is -2.24. The van der Waals surface area contributed by atoms with Gasteiger partial charge in [0.05, 0.1) is 5.71 Å². The van der Waals surface area contributed by atoms with E-state index in [2.05, 4.69) is 15.2 Å². The van der Waals surface area contributed by atoms with Gasteiger partial charge >= 0.3 is 6.18 Å². The van der Waals surface area contributed by atoms with E-state index in [1.165, 1.54) is 6.07 Å². The van der Waals surface area contributed by atoms with Gasteiger partial charge in [-0.15, -0.1) is 0 Å². The Kier molecular flexibility index (Phi) is 5.51. The third-order valence-electron chi connectivity index (χ3n) is 2.21. The number of rotatable bonds is 5. The van der Waals surface area contributed by atoms with Gasteiger partial charge in [0, 0.05) is 11.3 Å². The highest BCUT2D eigenvalue weighted by Crippen LogP contribution is 2.15. The van der Waals surface area contributed by atoms with Crippen molar-refractivity contribution in [3.05, 3.63) is 29.8 Å². The first-order valence-electron chi connectivity index (χ1n) is 5.55. The summed E-state index contributed by atoms with van der Waals surface area (Å²) in [6.07, 6.45) is -4.46. The largest absolute Gasteiger partial charge is 0.411 e. The number of anilines is 1. The molecule has 0 aromatic heterocycles. The number of alkyl halides is 3. The van der Waals surface area contributed by atoms with Crippen molar-refractivity contribution >= 4 is 17.3 Å². The average Bonchev–Trinajstić information content (AvgIpc) is 2.36. The molecule has 1 aromatic carbocycles. The number of hydrogen-bond donors (Lipinski definition) is 2. The standard InChI is InChI=1S/C12H13F3N2O3/c1-8(17-19)9-3-2-4-10(5-9)16-11(18)6-20-7-12(13,14)15/h2-5,19H,6-7H2,1H3,(H,16,18)/b17-8-. The first-order valence-corrected chi connectivity index (χ1v) is 5.55. The van der Waals surface area contributed by atoms with Crippen LogP contribution in [0.25, 0.3) is 0 Å². The molecule has 1 rings (SSSR count). The summed E-state index contributed by atoms with van der Waals surface area (Å²) in [5, 5.41) is 14.0. The first kappa shape index (κ1) is 16.0. The van der Waals surface area contributed by atoms with Crippen molar-refractivity contribution in [2.24, 2.45) is 5.16 Å². The van der Waals surface area contributed by atoms with E-state index in [0.717, 1.165) is 0 Å². The van der Waals surface area contributed by atoms with Crippen LogP contribution in [0.3, 0.4) is 0 Å². The second-order valence-electron chi connectivity index (χ2n) is 3.92. The molecular formula is C12H13F3N2O3. The number of carbonyl (C=O) groups excluding carboxylic acids is 1. The molecule has 1 aromatic rings. The highest BCUT2D eigenvalue weighted by atomic mass is 19.4. The number of halogens is 3. The lowest BCUT2D eigenvalue weighted by Gasteiger charge is -2.09. The van der Waals surface area contributed by atoms with Crippen LogP contribution in [-0.4, -0.2) is 36.2 Å². The fraction of sp³-hybridized carbons (Fsp3) is 0.333. The minimum absolute atomic E-state index is 0.342. The summed E-state index contributed by atoms with van der Waals surface area (Å²) in [7, 11) is 0. The van der Waals surface area contributed by atoms with Crippen molar-refractivity contribution in [3.8, 4) is 0 Å². The van der Waals surface area contributed by atoms with Crippen molar-refractivity contribution in [1.82, 2.24) is 0 Å². The van der Waals surface area contributed by atoms with Crippen molar-refractivity contribution in [1.29, 1.82) is 0 Å². The maximum atomic E-state index is 11.8. The second kappa shape index (κ2) is 6.90. The van der Waals surface area contributed by atoms with E-state index in [4.69, 9.17) is 5.21 Å². The number of amides is 1. The van der Waals surface area contributed by atoms with Gasteiger partial charge in [0.1, 0.15) is 13.2 Å². The van der Waals surface area contributed by atoms with E-state index in [9.17, 15) is 18.0 Å². The van der Waals surface area contributed by atoms with Gasteiger partial charge in [-0.3, -0.25) is 4.79 Å². The molecule has 110 valence electrons. The summed E-state index contributed by atoms with van der Waals surface area (Å²) < 4.78 is 39.7. The van der Waals surface area contributed by atoms with Crippen molar-refractivity contribution in [3.63, 3.8) is 0 Å². The third kappa shape index (κ3) is 5.70. The summed E-state index contributed by atoms with van der Waals surface area (Å²) in [5.74, 6) is -0.704. The van der Waals surface area contributed by atoms with Gasteiger partial charge in [-0.25, -0.2) is 0 Å². The Bertz CT molecular complexity index is 501. The quantitative estimate of drug-likeness (QED) is 0.497. The van der Waals surface area contributed by atoms with Crippen LogP contribution in [0.5, 0.6) is 0 Å². The third-order valence-corrected chi connectivity index (χ3v) is 2.21. The summed E-state index contributed by atoms with van der Waals surface area (Å²) >= 11 is 0. The van der Waals surface area contributed by atoms with Gasteiger partial charge in [0.2, 0.25) is 5.91 Å². The molecule has 8 heteroatoms. The number of carbonyl (C=O) groups is 1. The molecule has 0 atom stereocenters. The summed E-state index contributed by atoms with van der Waals surface area (Å²) in [6.45, 7) is -0.610. The van der Waals surface area contributed by atoms with E-state index in [1.54, 1.807) is 25.1 Å². The molecule has 0 aliphatic heterocycles. The molecule has 0 fully saturated rings. The lowest BCUT2D eigenvalue weighted by atomic mass is 10.1. The Morgan fingerprint density at radius 1 is 1.45 bits per heavy atom. The lowest BCUT2D eigenvalue weighted by molar-refractivity contribution is -0.174. The van der Waals surface area contributed by atoms with E-state index in [0.29, 0.717) is 17.0 Å². The van der Waals surface area contributed by atoms with E-state index in [1.807, 2.05) is 0 Å². The van der Waals surface area contributed by atoms with Gasteiger partial charge in [0.25, 0.3) is 0 Å². The maximum absolute atomic E-state index is 11.8. The molecule has 0 spiro atoms. The zero-order valence-electron chi connectivity index (χ0n) is 10.6. The Balaban J connectivity index is 2.54. The highest BCUT2D eigenvalue weighted by molar-refractivity contribution is 6.00. The van der Waals surface area contributed by atoms with E-state index in [-0.39, 0.29) is 0 Å². The fourth-order valence-corrected chi connectivity index (χ4v) is 1.34. The second-order valence-corrected chi connectivity index (χ2v) is 3.92. The smallest absolute Gasteiger partial charge is 0.411 e. The van der Waals surface area contributed by atoms with Crippen LogP contribution in [-0.2, 0) is 9.53 Å². The average molecular weight is 290 g/mol. The Labute approximate surface area is 113 Å². The highest BCUT2D eigenvalue weighted by Gasteiger charge is 2.27. The molecule has 1 amide bonds. The molecule has 2 N–H and O–H groups in total. The molecule has 0 bridgehead atoms. The van der Waals surface area contributed by atoms with Gasteiger partial charge < -0.3 is 15.3 Å². The number of oxime groups is 1. The monoisotopic (exact) mass is 290 g/mol. The number of hydrogen-bond acceptors (Lipinski definition) is 4. The number of ether oxygens (including phenoxy) is 1. The normalized spacial score (nSPS) is 12.3. The van der Waals surface area contributed by atoms with E-state index < -0.39 is 25.3 Å². The number of nitrogens with zero attached hydrogens (tertiary/aromatic N) is 1. The predicted molar refractivity (Wildman–Crippen MR) is 65.9 cm³/mol.